The van der Waals surface area contributed by atoms with Crippen LogP contribution in [0.2, 0.25) is 0 Å². The Kier molecular flexibility index (Phi) is 3.22. The Morgan fingerprint density at radius 2 is 2.54 bits per heavy atom. The molecule has 1 heterocycles. The van der Waals surface area contributed by atoms with E-state index in [1.54, 1.807) is 13.0 Å². The van der Waals surface area contributed by atoms with Gasteiger partial charge in [0.25, 0.3) is 0 Å². The highest BCUT2D eigenvalue weighted by Gasteiger charge is 2.06. The first-order valence-corrected chi connectivity index (χ1v) is 3.87. The second-order valence-corrected chi connectivity index (χ2v) is 2.29. The Morgan fingerprint density at radius 1 is 1.77 bits per heavy atom. The van der Waals surface area contributed by atoms with Gasteiger partial charge in [-0.2, -0.15) is 0 Å². The number of ether oxygens (including phenoxy) is 1. The maximum Gasteiger partial charge on any atom is 0.338 e. The molecule has 0 fully saturated rings. The average Bonchev–Trinajstić information content (AvgIpc) is 2.18. The topological polar surface area (TPSA) is 77.2 Å². The van der Waals surface area contributed by atoms with Gasteiger partial charge >= 0.3 is 5.97 Å². The van der Waals surface area contributed by atoms with Crippen LogP contribution in [0.15, 0.2) is 18.3 Å². The molecule has 5 heteroatoms. The van der Waals surface area contributed by atoms with Crippen molar-refractivity contribution in [3.8, 4) is 0 Å². The van der Waals surface area contributed by atoms with Crippen LogP contribution in [0, 0.1) is 0 Å². The molecule has 0 unspecified atom stereocenters. The zero-order chi connectivity index (χ0) is 9.68. The van der Waals surface area contributed by atoms with Crippen molar-refractivity contribution in [2.75, 3.05) is 12.0 Å². The van der Waals surface area contributed by atoms with Crippen LogP contribution >= 0.6 is 0 Å². The van der Waals surface area contributed by atoms with E-state index in [0.29, 0.717) is 18.0 Å². The number of aromatic nitrogens is 1. The van der Waals surface area contributed by atoms with Crippen molar-refractivity contribution in [2.24, 2.45) is 5.84 Å². The van der Waals surface area contributed by atoms with Gasteiger partial charge in [-0.15, -0.1) is 0 Å². The zero-order valence-electron chi connectivity index (χ0n) is 7.28. The minimum atomic E-state index is -0.374. The molecule has 3 N–H and O–H groups in total. The van der Waals surface area contributed by atoms with Gasteiger partial charge in [-0.25, -0.2) is 15.6 Å². The molecule has 0 aromatic carbocycles. The van der Waals surface area contributed by atoms with E-state index in [9.17, 15) is 4.79 Å². The van der Waals surface area contributed by atoms with E-state index in [2.05, 4.69) is 10.4 Å². The van der Waals surface area contributed by atoms with Gasteiger partial charge in [0.2, 0.25) is 0 Å². The van der Waals surface area contributed by atoms with Crippen LogP contribution in [-0.4, -0.2) is 17.6 Å². The number of hydrazine groups is 1. The Labute approximate surface area is 75.9 Å². The Morgan fingerprint density at radius 3 is 3.15 bits per heavy atom. The van der Waals surface area contributed by atoms with Gasteiger partial charge in [0.05, 0.1) is 12.2 Å². The second-order valence-electron chi connectivity index (χ2n) is 2.29. The van der Waals surface area contributed by atoms with Crippen LogP contribution in [0.25, 0.3) is 0 Å². The molecule has 0 aliphatic carbocycles. The first-order chi connectivity index (χ1) is 6.27. The summed E-state index contributed by atoms with van der Waals surface area (Å²) in [7, 11) is 0. The monoisotopic (exact) mass is 181 g/mol. The molecule has 5 nitrogen and oxygen atoms in total. The van der Waals surface area contributed by atoms with E-state index in [0.717, 1.165) is 0 Å². The zero-order valence-corrected chi connectivity index (χ0v) is 7.28. The molecule has 0 amide bonds. The van der Waals surface area contributed by atoms with E-state index in [1.165, 1.54) is 12.3 Å². The lowest BCUT2D eigenvalue weighted by Gasteiger charge is -2.02. The highest BCUT2D eigenvalue weighted by atomic mass is 16.5. The SMILES string of the molecule is CCOC(=O)c1ccnc(NN)c1. The lowest BCUT2D eigenvalue weighted by atomic mass is 10.2. The standard InChI is InChI=1S/C8H11N3O2/c1-2-13-8(12)6-3-4-10-7(5-6)11-9/h3-5H,2,9H2,1H3,(H,10,11). The number of nitrogens with one attached hydrogen (secondary N) is 1. The number of anilines is 1. The summed E-state index contributed by atoms with van der Waals surface area (Å²) in [6.07, 6.45) is 1.49. The van der Waals surface area contributed by atoms with Crippen molar-refractivity contribution >= 4 is 11.8 Å². The van der Waals surface area contributed by atoms with Crippen molar-refractivity contribution in [3.05, 3.63) is 23.9 Å². The summed E-state index contributed by atoms with van der Waals surface area (Å²) in [5, 5.41) is 0. The van der Waals surface area contributed by atoms with Crippen LogP contribution in [0.1, 0.15) is 17.3 Å². The van der Waals surface area contributed by atoms with E-state index in [-0.39, 0.29) is 5.97 Å². The second kappa shape index (κ2) is 4.42. The van der Waals surface area contributed by atoms with Gasteiger partial charge in [0.1, 0.15) is 5.82 Å². The summed E-state index contributed by atoms with van der Waals surface area (Å²) < 4.78 is 4.79. The van der Waals surface area contributed by atoms with Gasteiger partial charge in [0.15, 0.2) is 0 Å². The van der Waals surface area contributed by atoms with Crippen molar-refractivity contribution in [2.45, 2.75) is 6.92 Å². The third-order valence-electron chi connectivity index (χ3n) is 1.42. The smallest absolute Gasteiger partial charge is 0.338 e. The van der Waals surface area contributed by atoms with E-state index in [4.69, 9.17) is 10.6 Å². The minimum absolute atomic E-state index is 0.354. The fourth-order valence-electron chi connectivity index (χ4n) is 0.851. The molecule has 1 aromatic heterocycles. The van der Waals surface area contributed by atoms with E-state index in [1.807, 2.05) is 0 Å². The molecule has 70 valence electrons. The maximum atomic E-state index is 11.2. The number of nitrogens with two attached hydrogens (primary N) is 1. The fourth-order valence-corrected chi connectivity index (χ4v) is 0.851. The molecule has 0 saturated carbocycles. The largest absolute Gasteiger partial charge is 0.462 e. The van der Waals surface area contributed by atoms with Crippen LogP contribution in [0.5, 0.6) is 0 Å². The number of carbonyl (C=O) groups excluding carboxylic acids is 1. The number of carbonyl (C=O) groups is 1. The molecule has 0 saturated heterocycles. The summed E-state index contributed by atoms with van der Waals surface area (Å²) in [5.41, 5.74) is 2.78. The van der Waals surface area contributed by atoms with Crippen LogP contribution in [-0.2, 0) is 4.74 Å². The molecular formula is C8H11N3O2. The highest BCUT2D eigenvalue weighted by Crippen LogP contribution is 2.06. The third-order valence-corrected chi connectivity index (χ3v) is 1.42. The van der Waals surface area contributed by atoms with Crippen molar-refractivity contribution in [3.63, 3.8) is 0 Å². The minimum Gasteiger partial charge on any atom is -0.462 e. The van der Waals surface area contributed by atoms with Crippen molar-refractivity contribution in [1.29, 1.82) is 0 Å². The number of esters is 1. The first-order valence-electron chi connectivity index (χ1n) is 3.87. The number of hydrogen-bond acceptors (Lipinski definition) is 5. The quantitative estimate of drug-likeness (QED) is 0.404. The Bertz CT molecular complexity index is 301. The molecule has 0 aliphatic heterocycles. The number of rotatable bonds is 3. The Balaban J connectivity index is 2.82. The summed E-state index contributed by atoms with van der Waals surface area (Å²) in [6, 6.07) is 3.09. The number of nitrogens with zero attached hydrogens (tertiary/aromatic N) is 1. The Hall–Kier alpha value is -1.62. The molecule has 1 aromatic rings. The van der Waals surface area contributed by atoms with Gasteiger partial charge < -0.3 is 10.2 Å². The number of pyridine rings is 1. The lowest BCUT2D eigenvalue weighted by Crippen LogP contribution is -2.10. The van der Waals surface area contributed by atoms with E-state index < -0.39 is 0 Å². The fraction of sp³-hybridized carbons (Fsp3) is 0.250. The molecule has 0 bridgehead atoms. The van der Waals surface area contributed by atoms with Crippen LogP contribution < -0.4 is 11.3 Å². The first kappa shape index (κ1) is 9.47. The summed E-state index contributed by atoms with van der Waals surface area (Å²) >= 11 is 0. The molecular weight excluding hydrogens is 170 g/mol. The lowest BCUT2D eigenvalue weighted by molar-refractivity contribution is 0.0526. The van der Waals surface area contributed by atoms with Crippen LogP contribution in [0.4, 0.5) is 5.82 Å². The number of nitrogen functional groups attached to an aromatic ring is 1. The molecule has 13 heavy (non-hydrogen) atoms. The molecule has 0 atom stereocenters. The molecule has 0 spiro atoms. The predicted octanol–water partition coefficient (Wildman–Crippen LogP) is 0.544. The molecule has 0 aliphatic rings. The third kappa shape index (κ3) is 2.41. The van der Waals surface area contributed by atoms with Gasteiger partial charge in [-0.1, -0.05) is 0 Å². The number of hydrogen-bond donors (Lipinski definition) is 2. The summed E-state index contributed by atoms with van der Waals surface area (Å²) in [4.78, 5) is 15.1. The predicted molar refractivity (Wildman–Crippen MR) is 48.0 cm³/mol. The average molecular weight is 181 g/mol. The van der Waals surface area contributed by atoms with Gasteiger partial charge in [0, 0.05) is 6.20 Å². The molecule has 1 rings (SSSR count). The maximum absolute atomic E-state index is 11.2. The van der Waals surface area contributed by atoms with Crippen LogP contribution in [0.3, 0.4) is 0 Å². The van der Waals surface area contributed by atoms with Crippen molar-refractivity contribution < 1.29 is 9.53 Å². The highest BCUT2D eigenvalue weighted by molar-refractivity contribution is 5.90. The van der Waals surface area contributed by atoms with Gasteiger partial charge in [-0.05, 0) is 19.1 Å². The normalized spacial score (nSPS) is 9.38. The summed E-state index contributed by atoms with van der Waals surface area (Å²) in [5.74, 6) is 5.19. The van der Waals surface area contributed by atoms with Gasteiger partial charge in [-0.3, -0.25) is 0 Å². The summed E-state index contributed by atoms with van der Waals surface area (Å²) in [6.45, 7) is 2.10. The molecule has 0 radical (unpaired) electrons. The van der Waals surface area contributed by atoms with E-state index >= 15 is 0 Å². The van der Waals surface area contributed by atoms with Crippen molar-refractivity contribution in [1.82, 2.24) is 4.98 Å².